The number of aliphatic hydroxyl groups is 1. The zero-order valence-corrected chi connectivity index (χ0v) is 22.8. The number of fused-ring (bicyclic) bond motifs is 2. The number of hydrogen-bond donors (Lipinski definition) is 1. The molecule has 2 aliphatic rings. The molecule has 4 heterocycles. The minimum atomic E-state index is -1.09. The van der Waals surface area contributed by atoms with E-state index in [-0.39, 0.29) is 18.4 Å². The van der Waals surface area contributed by atoms with E-state index in [2.05, 4.69) is 6.58 Å². The van der Waals surface area contributed by atoms with Crippen molar-refractivity contribution >= 4 is 50.7 Å². The van der Waals surface area contributed by atoms with Gasteiger partial charge in [0, 0.05) is 22.8 Å². The molecule has 194 valence electrons. The van der Waals surface area contributed by atoms with Crippen LogP contribution in [0.2, 0.25) is 5.02 Å². The lowest BCUT2D eigenvalue weighted by Crippen LogP contribution is -2.41. The molecule has 4 aromatic rings. The molecule has 38 heavy (non-hydrogen) atoms. The van der Waals surface area contributed by atoms with Gasteiger partial charge in [-0.2, -0.15) is 5.10 Å². The van der Waals surface area contributed by atoms with Crippen molar-refractivity contribution in [2.75, 3.05) is 4.90 Å². The number of benzene rings is 1. The summed E-state index contributed by atoms with van der Waals surface area (Å²) in [6.07, 6.45) is 4.09. The van der Waals surface area contributed by atoms with Crippen LogP contribution >= 0.6 is 22.9 Å². The lowest BCUT2D eigenvalue weighted by atomic mass is 9.61. The number of halogens is 1. The third-order valence-electron chi connectivity index (χ3n) is 8.00. The number of thiophene rings is 1. The first-order valence-corrected chi connectivity index (χ1v) is 13.5. The van der Waals surface area contributed by atoms with Crippen molar-refractivity contribution in [3.05, 3.63) is 82.8 Å². The summed E-state index contributed by atoms with van der Waals surface area (Å²) in [4.78, 5) is 30.3. The fourth-order valence-corrected chi connectivity index (χ4v) is 7.34. The fraction of sp³-hybridized carbons (Fsp3) is 0.276. The number of aromatic nitrogens is 2. The fourth-order valence-electron chi connectivity index (χ4n) is 6.02. The van der Waals surface area contributed by atoms with Crippen LogP contribution in [0.1, 0.15) is 36.3 Å². The van der Waals surface area contributed by atoms with Crippen LogP contribution in [-0.2, 0) is 23.2 Å². The number of allylic oxidation sites excluding steroid dienone is 3. The average molecular weight is 548 g/mol. The van der Waals surface area contributed by atoms with Gasteiger partial charge in [-0.15, -0.1) is 11.3 Å². The van der Waals surface area contributed by atoms with Crippen molar-refractivity contribution in [3.63, 3.8) is 0 Å². The Hall–Kier alpha value is -3.46. The molecule has 1 saturated heterocycles. The number of aryl methyl sites for hydroxylation is 2. The molecule has 0 saturated carbocycles. The summed E-state index contributed by atoms with van der Waals surface area (Å²) >= 11 is 7.83. The molecule has 2 amide bonds. The van der Waals surface area contributed by atoms with Gasteiger partial charge in [-0.3, -0.25) is 14.3 Å². The van der Waals surface area contributed by atoms with Crippen LogP contribution in [0.4, 0.5) is 5.82 Å². The Bertz CT molecular complexity index is 1680. The van der Waals surface area contributed by atoms with Crippen LogP contribution in [-0.4, -0.2) is 26.7 Å². The van der Waals surface area contributed by atoms with E-state index in [4.69, 9.17) is 21.1 Å². The number of amides is 2. The molecule has 3 atom stereocenters. The molecular formula is C29H26ClN3O4S. The van der Waals surface area contributed by atoms with Gasteiger partial charge in [-0.05, 0) is 67.1 Å². The summed E-state index contributed by atoms with van der Waals surface area (Å²) in [6, 6.07) is 11.1. The number of carbonyl (C=O) groups is 2. The predicted octanol–water partition coefficient (Wildman–Crippen LogP) is 6.14. The van der Waals surface area contributed by atoms with Crippen molar-refractivity contribution in [1.29, 1.82) is 0 Å². The predicted molar refractivity (Wildman–Crippen MR) is 148 cm³/mol. The monoisotopic (exact) mass is 547 g/mol. The highest BCUT2D eigenvalue weighted by Gasteiger charge is 2.63. The van der Waals surface area contributed by atoms with E-state index in [0.717, 1.165) is 26.1 Å². The van der Waals surface area contributed by atoms with Crippen molar-refractivity contribution in [1.82, 2.24) is 9.78 Å². The van der Waals surface area contributed by atoms with Crippen molar-refractivity contribution in [2.24, 2.45) is 18.4 Å². The largest absolute Gasteiger partial charge is 0.463 e. The lowest BCUT2D eigenvalue weighted by molar-refractivity contribution is -0.127. The van der Waals surface area contributed by atoms with Crippen molar-refractivity contribution < 1.29 is 19.1 Å². The Morgan fingerprint density at radius 3 is 2.79 bits per heavy atom. The van der Waals surface area contributed by atoms with E-state index in [0.29, 0.717) is 34.5 Å². The minimum absolute atomic E-state index is 0.250. The van der Waals surface area contributed by atoms with E-state index < -0.39 is 17.3 Å². The van der Waals surface area contributed by atoms with Crippen molar-refractivity contribution in [3.8, 4) is 10.6 Å². The molecule has 0 unspecified atom stereocenters. The lowest BCUT2D eigenvalue weighted by Gasteiger charge is -2.38. The zero-order chi connectivity index (χ0) is 26.9. The molecule has 1 aliphatic carbocycles. The first-order chi connectivity index (χ1) is 18.2. The van der Waals surface area contributed by atoms with Gasteiger partial charge in [0.25, 0.3) is 0 Å². The molecular weight excluding hydrogens is 522 g/mol. The standard InChI is InChI=1S/C29H26ClN3O4S/c1-5-16-6-9-20-27(35)33(28(36)29(20,3)25(16)22-10-8-18(14-34)37-22)24-13-21(31-32(24)4)26-15(2)19-12-17(30)7-11-23(19)38-26/h5-8,10-13,20,25,34H,1,9,14H2,2-4H3/t20-,25+,29+/m0/s1. The number of carbonyl (C=O) groups excluding carboxylic acids is 2. The van der Waals surface area contributed by atoms with E-state index in [1.807, 2.05) is 44.2 Å². The Morgan fingerprint density at radius 2 is 2.08 bits per heavy atom. The van der Waals surface area contributed by atoms with Gasteiger partial charge in [0.2, 0.25) is 11.8 Å². The number of imide groups is 1. The second-order valence-corrected chi connectivity index (χ2v) is 11.5. The van der Waals surface area contributed by atoms with Gasteiger partial charge < -0.3 is 9.52 Å². The Labute approximate surface area is 228 Å². The highest BCUT2D eigenvalue weighted by molar-refractivity contribution is 7.22. The molecule has 6 rings (SSSR count). The molecule has 7 nitrogen and oxygen atoms in total. The van der Waals surface area contributed by atoms with Gasteiger partial charge in [0.1, 0.15) is 29.6 Å². The maximum atomic E-state index is 14.2. The second kappa shape index (κ2) is 8.80. The normalized spacial score (nSPS) is 23.3. The molecule has 1 N–H and O–H groups in total. The maximum Gasteiger partial charge on any atom is 0.242 e. The first kappa shape index (κ1) is 24.9. The molecule has 1 aliphatic heterocycles. The summed E-state index contributed by atoms with van der Waals surface area (Å²) in [7, 11) is 1.74. The van der Waals surface area contributed by atoms with Gasteiger partial charge >= 0.3 is 0 Å². The van der Waals surface area contributed by atoms with E-state index >= 15 is 0 Å². The molecule has 0 radical (unpaired) electrons. The third-order valence-corrected chi connectivity index (χ3v) is 9.53. The van der Waals surface area contributed by atoms with Crippen LogP contribution in [0.5, 0.6) is 0 Å². The summed E-state index contributed by atoms with van der Waals surface area (Å²) in [5, 5.41) is 16.0. The van der Waals surface area contributed by atoms with Crippen molar-refractivity contribution in [2.45, 2.75) is 32.8 Å². The second-order valence-electron chi connectivity index (χ2n) is 10.1. The van der Waals surface area contributed by atoms with Crippen LogP contribution in [0, 0.1) is 18.3 Å². The summed E-state index contributed by atoms with van der Waals surface area (Å²) in [6.45, 7) is 7.55. The Morgan fingerprint density at radius 1 is 1.29 bits per heavy atom. The number of anilines is 1. The van der Waals surface area contributed by atoms with Gasteiger partial charge in [-0.1, -0.05) is 30.3 Å². The molecule has 9 heteroatoms. The molecule has 1 fully saturated rings. The van der Waals surface area contributed by atoms with E-state index in [1.165, 1.54) is 4.90 Å². The molecule has 3 aromatic heterocycles. The molecule has 0 spiro atoms. The number of rotatable bonds is 5. The first-order valence-electron chi connectivity index (χ1n) is 12.3. The number of furan rings is 1. The number of nitrogens with zero attached hydrogens (tertiary/aromatic N) is 3. The minimum Gasteiger partial charge on any atom is -0.463 e. The topological polar surface area (TPSA) is 88.6 Å². The highest BCUT2D eigenvalue weighted by Crippen LogP contribution is 2.57. The molecule has 0 bridgehead atoms. The van der Waals surface area contributed by atoms with Crippen LogP contribution < -0.4 is 4.90 Å². The highest BCUT2D eigenvalue weighted by atomic mass is 35.5. The third kappa shape index (κ3) is 3.40. The SMILES string of the molecule is C=CC1=CC[C@H]2C(=O)N(c3cc(-c4sc5ccc(Cl)cc5c4C)nn3C)C(=O)[C@@]2(C)[C@H]1c1ccc(CO)o1. The average Bonchev–Trinajstić information content (AvgIpc) is 3.64. The van der Waals surface area contributed by atoms with Gasteiger partial charge in [0.15, 0.2) is 0 Å². The van der Waals surface area contributed by atoms with Crippen LogP contribution in [0.25, 0.3) is 20.7 Å². The zero-order valence-electron chi connectivity index (χ0n) is 21.2. The van der Waals surface area contributed by atoms with Gasteiger partial charge in [0.05, 0.1) is 22.1 Å². The number of aliphatic hydroxyl groups excluding tert-OH is 1. The summed E-state index contributed by atoms with van der Waals surface area (Å²) < 4.78 is 8.58. The maximum absolute atomic E-state index is 14.2. The summed E-state index contributed by atoms with van der Waals surface area (Å²) in [5.41, 5.74) is 1.48. The van der Waals surface area contributed by atoms with Gasteiger partial charge in [-0.25, -0.2) is 4.90 Å². The summed E-state index contributed by atoms with van der Waals surface area (Å²) in [5.74, 6) is -0.290. The Balaban J connectivity index is 1.44. The number of hydrogen-bond acceptors (Lipinski definition) is 6. The Kier molecular flexibility index (Phi) is 5.75. The van der Waals surface area contributed by atoms with Crippen LogP contribution in [0.3, 0.4) is 0 Å². The smallest absolute Gasteiger partial charge is 0.242 e. The quantitative estimate of drug-likeness (QED) is 0.303. The van der Waals surface area contributed by atoms with E-state index in [9.17, 15) is 14.7 Å². The van der Waals surface area contributed by atoms with E-state index in [1.54, 1.807) is 41.3 Å². The van der Waals surface area contributed by atoms with Crippen LogP contribution in [0.15, 0.2) is 65.1 Å². The molecule has 1 aromatic carbocycles.